The highest BCUT2D eigenvalue weighted by atomic mass is 16.5. The predicted molar refractivity (Wildman–Crippen MR) is 96.4 cm³/mol. The maximum absolute atomic E-state index is 13.0. The topological polar surface area (TPSA) is 70.1 Å². The predicted octanol–water partition coefficient (Wildman–Crippen LogP) is 2.73. The van der Waals surface area contributed by atoms with Crippen molar-refractivity contribution >= 4 is 10.9 Å². The second-order valence-corrected chi connectivity index (χ2v) is 5.79. The molecule has 0 aliphatic rings. The number of hydrogen-bond acceptors (Lipinski definition) is 4. The average Bonchev–Trinajstić information content (AvgIpc) is 2.60. The molecule has 0 fully saturated rings. The Morgan fingerprint density at radius 1 is 1.21 bits per heavy atom. The molecule has 2 N–H and O–H groups in total. The van der Waals surface area contributed by atoms with E-state index in [0.717, 1.165) is 17.5 Å². The standard InChI is InChI=1S/C19H21N3O2/c1-13-5-3-6-14(11-13)18-21-17-8-7-15(24-2)12-16(17)19(23)22(18)10-4-9-20/h3,5-8,11-12H,4,9-10,20H2,1-2H3. The molecule has 0 bridgehead atoms. The molecular weight excluding hydrogens is 302 g/mol. The third-order valence-electron chi connectivity index (χ3n) is 4.02. The average molecular weight is 323 g/mol. The van der Waals surface area contributed by atoms with Crippen molar-refractivity contribution in [3.05, 3.63) is 58.4 Å². The van der Waals surface area contributed by atoms with Crippen LogP contribution in [0.15, 0.2) is 47.3 Å². The molecule has 0 radical (unpaired) electrons. The van der Waals surface area contributed by atoms with Crippen LogP contribution in [0.1, 0.15) is 12.0 Å². The number of benzene rings is 2. The quantitative estimate of drug-likeness (QED) is 0.784. The summed E-state index contributed by atoms with van der Waals surface area (Å²) in [5, 5.41) is 0.558. The Bertz CT molecular complexity index is 932. The van der Waals surface area contributed by atoms with E-state index in [9.17, 15) is 4.79 Å². The van der Waals surface area contributed by atoms with Gasteiger partial charge in [-0.05, 0) is 44.2 Å². The number of fused-ring (bicyclic) bond motifs is 1. The number of nitrogens with zero attached hydrogens (tertiary/aromatic N) is 2. The van der Waals surface area contributed by atoms with E-state index >= 15 is 0 Å². The highest BCUT2D eigenvalue weighted by Gasteiger charge is 2.13. The van der Waals surface area contributed by atoms with Crippen LogP contribution in [0.5, 0.6) is 5.75 Å². The minimum absolute atomic E-state index is 0.0659. The summed E-state index contributed by atoms with van der Waals surface area (Å²) in [7, 11) is 1.59. The number of methoxy groups -OCH3 is 1. The lowest BCUT2D eigenvalue weighted by Crippen LogP contribution is -2.24. The van der Waals surface area contributed by atoms with E-state index in [0.29, 0.717) is 35.6 Å². The van der Waals surface area contributed by atoms with Gasteiger partial charge in [-0.1, -0.05) is 23.8 Å². The molecule has 3 rings (SSSR count). The van der Waals surface area contributed by atoms with Gasteiger partial charge in [0.2, 0.25) is 0 Å². The molecule has 0 saturated carbocycles. The second kappa shape index (κ2) is 6.84. The first kappa shape index (κ1) is 16.2. The first-order valence-corrected chi connectivity index (χ1v) is 7.99. The highest BCUT2D eigenvalue weighted by Crippen LogP contribution is 2.22. The number of nitrogens with two attached hydrogens (primary N) is 1. The SMILES string of the molecule is COc1ccc2nc(-c3cccc(C)c3)n(CCCN)c(=O)c2c1. The van der Waals surface area contributed by atoms with Crippen molar-refractivity contribution in [3.63, 3.8) is 0 Å². The molecule has 24 heavy (non-hydrogen) atoms. The van der Waals surface area contributed by atoms with Gasteiger partial charge in [0, 0.05) is 12.1 Å². The van der Waals surface area contributed by atoms with Gasteiger partial charge in [-0.25, -0.2) is 4.98 Å². The van der Waals surface area contributed by atoms with E-state index in [-0.39, 0.29) is 5.56 Å². The number of rotatable bonds is 5. The van der Waals surface area contributed by atoms with Crippen LogP contribution < -0.4 is 16.0 Å². The molecule has 2 aromatic carbocycles. The largest absolute Gasteiger partial charge is 0.497 e. The number of hydrogen-bond donors (Lipinski definition) is 1. The molecule has 1 heterocycles. The molecule has 124 valence electrons. The number of aromatic nitrogens is 2. The molecule has 5 nitrogen and oxygen atoms in total. The monoisotopic (exact) mass is 323 g/mol. The molecule has 0 saturated heterocycles. The normalized spacial score (nSPS) is 11.0. The minimum atomic E-state index is -0.0659. The molecule has 5 heteroatoms. The van der Waals surface area contributed by atoms with Crippen molar-refractivity contribution in [2.24, 2.45) is 5.73 Å². The summed E-state index contributed by atoms with van der Waals surface area (Å²) in [6.45, 7) is 3.09. The van der Waals surface area contributed by atoms with E-state index in [4.69, 9.17) is 15.5 Å². The van der Waals surface area contributed by atoms with Crippen LogP contribution in [-0.4, -0.2) is 23.2 Å². The summed E-state index contributed by atoms with van der Waals surface area (Å²) in [6, 6.07) is 13.4. The Balaban J connectivity index is 2.28. The molecule has 0 spiro atoms. The van der Waals surface area contributed by atoms with Crippen LogP contribution in [0.2, 0.25) is 0 Å². The van der Waals surface area contributed by atoms with Crippen molar-refractivity contribution in [2.45, 2.75) is 19.9 Å². The van der Waals surface area contributed by atoms with Gasteiger partial charge in [0.1, 0.15) is 11.6 Å². The number of aryl methyl sites for hydroxylation is 1. The fourth-order valence-electron chi connectivity index (χ4n) is 2.79. The van der Waals surface area contributed by atoms with Gasteiger partial charge in [0.15, 0.2) is 0 Å². The fraction of sp³-hybridized carbons (Fsp3) is 0.263. The zero-order chi connectivity index (χ0) is 17.1. The summed E-state index contributed by atoms with van der Waals surface area (Å²) < 4.78 is 6.94. The Morgan fingerprint density at radius 2 is 2.04 bits per heavy atom. The van der Waals surface area contributed by atoms with E-state index in [1.807, 2.05) is 43.3 Å². The number of ether oxygens (including phenoxy) is 1. The minimum Gasteiger partial charge on any atom is -0.497 e. The Kier molecular flexibility index (Phi) is 4.62. The summed E-state index contributed by atoms with van der Waals surface area (Å²) >= 11 is 0. The molecule has 0 aliphatic heterocycles. The Hall–Kier alpha value is -2.66. The third-order valence-corrected chi connectivity index (χ3v) is 4.02. The molecular formula is C19H21N3O2. The van der Waals surface area contributed by atoms with E-state index < -0.39 is 0 Å². The first-order chi connectivity index (χ1) is 11.6. The van der Waals surface area contributed by atoms with Crippen LogP contribution >= 0.6 is 0 Å². The van der Waals surface area contributed by atoms with Crippen LogP contribution in [-0.2, 0) is 6.54 Å². The maximum Gasteiger partial charge on any atom is 0.261 e. The van der Waals surface area contributed by atoms with Crippen LogP contribution in [0.25, 0.3) is 22.3 Å². The molecule has 0 aliphatic carbocycles. The smallest absolute Gasteiger partial charge is 0.261 e. The lowest BCUT2D eigenvalue weighted by Gasteiger charge is -2.14. The zero-order valence-corrected chi connectivity index (χ0v) is 14.0. The summed E-state index contributed by atoms with van der Waals surface area (Å²) in [6.07, 6.45) is 0.718. The van der Waals surface area contributed by atoms with Crippen molar-refractivity contribution < 1.29 is 4.74 Å². The fourth-order valence-corrected chi connectivity index (χ4v) is 2.79. The zero-order valence-electron chi connectivity index (χ0n) is 14.0. The van der Waals surface area contributed by atoms with Crippen molar-refractivity contribution in [3.8, 4) is 17.1 Å². The van der Waals surface area contributed by atoms with Crippen molar-refractivity contribution in [1.29, 1.82) is 0 Å². The van der Waals surface area contributed by atoms with E-state index in [2.05, 4.69) is 0 Å². The molecule has 1 aromatic heterocycles. The second-order valence-electron chi connectivity index (χ2n) is 5.79. The van der Waals surface area contributed by atoms with Gasteiger partial charge in [-0.2, -0.15) is 0 Å². The van der Waals surface area contributed by atoms with Gasteiger partial charge < -0.3 is 10.5 Å². The first-order valence-electron chi connectivity index (χ1n) is 7.99. The molecule has 3 aromatic rings. The summed E-state index contributed by atoms with van der Waals surface area (Å²) in [4.78, 5) is 17.8. The maximum atomic E-state index is 13.0. The Labute approximate surface area is 140 Å². The van der Waals surface area contributed by atoms with Crippen molar-refractivity contribution in [1.82, 2.24) is 9.55 Å². The van der Waals surface area contributed by atoms with E-state index in [1.54, 1.807) is 17.7 Å². The van der Waals surface area contributed by atoms with Gasteiger partial charge in [0.05, 0.1) is 18.0 Å². The van der Waals surface area contributed by atoms with E-state index in [1.165, 1.54) is 0 Å². The van der Waals surface area contributed by atoms with Crippen LogP contribution in [0.3, 0.4) is 0 Å². The third kappa shape index (κ3) is 3.03. The molecule has 0 amide bonds. The van der Waals surface area contributed by atoms with Gasteiger partial charge in [0.25, 0.3) is 5.56 Å². The molecule has 0 atom stereocenters. The summed E-state index contributed by atoms with van der Waals surface area (Å²) in [5.41, 5.74) is 8.30. The highest BCUT2D eigenvalue weighted by molar-refractivity contribution is 5.81. The lowest BCUT2D eigenvalue weighted by molar-refractivity contribution is 0.415. The Morgan fingerprint density at radius 3 is 2.75 bits per heavy atom. The van der Waals surface area contributed by atoms with Gasteiger partial charge in [-0.3, -0.25) is 9.36 Å². The lowest BCUT2D eigenvalue weighted by atomic mass is 10.1. The van der Waals surface area contributed by atoms with Crippen LogP contribution in [0, 0.1) is 6.92 Å². The molecule has 0 unspecified atom stereocenters. The van der Waals surface area contributed by atoms with Crippen LogP contribution in [0.4, 0.5) is 0 Å². The van der Waals surface area contributed by atoms with Gasteiger partial charge >= 0.3 is 0 Å². The van der Waals surface area contributed by atoms with Crippen molar-refractivity contribution in [2.75, 3.05) is 13.7 Å². The van der Waals surface area contributed by atoms with Gasteiger partial charge in [-0.15, -0.1) is 0 Å². The summed E-state index contributed by atoms with van der Waals surface area (Å²) in [5.74, 6) is 1.32.